The fourth-order valence-corrected chi connectivity index (χ4v) is 1.78. The van der Waals surface area contributed by atoms with Crippen molar-refractivity contribution < 1.29 is 14.7 Å². The minimum absolute atomic E-state index is 0.0449. The maximum atomic E-state index is 12.2. The van der Waals surface area contributed by atoms with E-state index in [1.54, 1.807) is 38.1 Å². The zero-order valence-electron chi connectivity index (χ0n) is 11.6. The number of benzene rings is 1. The van der Waals surface area contributed by atoms with Gasteiger partial charge in [-0.1, -0.05) is 24.0 Å². The number of nitrogens with two attached hydrogens (primary N) is 1. The Morgan fingerprint density at radius 3 is 2.60 bits per heavy atom. The van der Waals surface area contributed by atoms with Crippen LogP contribution in [0.3, 0.4) is 0 Å². The third kappa shape index (κ3) is 4.75. The lowest BCUT2D eigenvalue weighted by Crippen LogP contribution is -2.46. The van der Waals surface area contributed by atoms with E-state index in [0.717, 1.165) is 0 Å². The summed E-state index contributed by atoms with van der Waals surface area (Å²) in [4.78, 5) is 23.2. The second-order valence-electron chi connectivity index (χ2n) is 4.99. The number of carbonyl (C=O) groups is 2. The minimum Gasteiger partial charge on any atom is -0.384 e. The summed E-state index contributed by atoms with van der Waals surface area (Å²) < 4.78 is 0. The van der Waals surface area contributed by atoms with E-state index in [2.05, 4.69) is 17.2 Å². The molecule has 0 aliphatic rings. The molecular weight excluding hydrogens is 256 g/mol. The molecule has 0 unspecified atom stereocenters. The van der Waals surface area contributed by atoms with Gasteiger partial charge < -0.3 is 16.2 Å². The molecule has 0 saturated carbocycles. The second-order valence-corrected chi connectivity index (χ2v) is 4.99. The van der Waals surface area contributed by atoms with Gasteiger partial charge in [-0.05, 0) is 26.0 Å². The molecule has 0 radical (unpaired) electrons. The summed E-state index contributed by atoms with van der Waals surface area (Å²) in [6, 6.07) is 6.81. The number of aliphatic hydroxyl groups is 1. The second kappa shape index (κ2) is 6.73. The Morgan fingerprint density at radius 1 is 1.35 bits per heavy atom. The van der Waals surface area contributed by atoms with Gasteiger partial charge in [0.1, 0.15) is 6.61 Å². The van der Waals surface area contributed by atoms with E-state index in [9.17, 15) is 9.59 Å². The first-order valence-electron chi connectivity index (χ1n) is 6.15. The smallest absolute Gasteiger partial charge is 0.252 e. The third-order valence-electron chi connectivity index (χ3n) is 2.54. The Morgan fingerprint density at radius 2 is 2.00 bits per heavy atom. The monoisotopic (exact) mass is 274 g/mol. The summed E-state index contributed by atoms with van der Waals surface area (Å²) in [6.07, 6.45) is 0.0449. The van der Waals surface area contributed by atoms with Gasteiger partial charge in [-0.25, -0.2) is 0 Å². The molecule has 0 heterocycles. The lowest BCUT2D eigenvalue weighted by Gasteiger charge is -2.25. The normalized spacial score (nSPS) is 10.3. The van der Waals surface area contributed by atoms with Crippen LogP contribution in [0.1, 0.15) is 36.2 Å². The standard InChI is InChI=1S/C15H18N2O3/c1-15(2,10-13(16)19)17-14(20)12-8-4-3-6-11(12)7-5-9-18/h3-4,6,8,18H,9-10H2,1-2H3,(H2,16,19)(H,17,20). The van der Waals surface area contributed by atoms with Gasteiger partial charge in [0.15, 0.2) is 0 Å². The molecule has 20 heavy (non-hydrogen) atoms. The molecule has 0 aliphatic carbocycles. The highest BCUT2D eigenvalue weighted by Crippen LogP contribution is 2.12. The van der Waals surface area contributed by atoms with Gasteiger partial charge in [0.2, 0.25) is 5.91 Å². The first-order chi connectivity index (χ1) is 9.35. The zero-order chi connectivity index (χ0) is 15.2. The Balaban J connectivity index is 2.95. The molecule has 5 heteroatoms. The van der Waals surface area contributed by atoms with Gasteiger partial charge in [-0.15, -0.1) is 0 Å². The summed E-state index contributed by atoms with van der Waals surface area (Å²) in [7, 11) is 0. The Kier molecular flexibility index (Phi) is 5.30. The molecule has 5 nitrogen and oxygen atoms in total. The van der Waals surface area contributed by atoms with Crippen LogP contribution in [0.25, 0.3) is 0 Å². The first-order valence-corrected chi connectivity index (χ1v) is 6.15. The molecule has 106 valence electrons. The van der Waals surface area contributed by atoms with Crippen molar-refractivity contribution in [2.24, 2.45) is 5.73 Å². The maximum Gasteiger partial charge on any atom is 0.252 e. The molecule has 2 amide bonds. The fraction of sp³-hybridized carbons (Fsp3) is 0.333. The van der Waals surface area contributed by atoms with Crippen molar-refractivity contribution in [2.45, 2.75) is 25.8 Å². The number of hydrogen-bond acceptors (Lipinski definition) is 3. The molecule has 0 spiro atoms. The number of nitrogens with one attached hydrogen (secondary N) is 1. The van der Waals surface area contributed by atoms with Gasteiger partial charge in [0.05, 0.1) is 5.56 Å². The molecule has 4 N–H and O–H groups in total. The van der Waals surface area contributed by atoms with Crippen molar-refractivity contribution in [1.82, 2.24) is 5.32 Å². The van der Waals surface area contributed by atoms with Crippen LogP contribution in [-0.2, 0) is 4.79 Å². The van der Waals surface area contributed by atoms with Gasteiger partial charge >= 0.3 is 0 Å². The first kappa shape index (κ1) is 15.7. The molecule has 1 aromatic carbocycles. The number of hydrogen-bond donors (Lipinski definition) is 3. The van der Waals surface area contributed by atoms with Crippen LogP contribution in [0.2, 0.25) is 0 Å². The van der Waals surface area contributed by atoms with Crippen LogP contribution in [-0.4, -0.2) is 29.1 Å². The van der Waals surface area contributed by atoms with E-state index in [4.69, 9.17) is 10.8 Å². The number of rotatable bonds is 4. The number of primary amides is 1. The summed E-state index contributed by atoms with van der Waals surface area (Å²) in [5, 5.41) is 11.5. The molecule has 0 bridgehead atoms. The van der Waals surface area contributed by atoms with E-state index in [0.29, 0.717) is 11.1 Å². The Labute approximate surface area is 118 Å². The molecule has 0 atom stereocenters. The van der Waals surface area contributed by atoms with Crippen LogP contribution < -0.4 is 11.1 Å². The molecule has 1 aromatic rings. The summed E-state index contributed by atoms with van der Waals surface area (Å²) in [5.41, 5.74) is 5.33. The van der Waals surface area contributed by atoms with E-state index in [1.807, 2.05) is 0 Å². The average molecular weight is 274 g/mol. The minimum atomic E-state index is -0.736. The molecule has 0 aliphatic heterocycles. The average Bonchev–Trinajstić information content (AvgIpc) is 2.34. The van der Waals surface area contributed by atoms with Crippen molar-refractivity contribution in [3.63, 3.8) is 0 Å². The van der Waals surface area contributed by atoms with Gasteiger partial charge in [0, 0.05) is 17.5 Å². The fourth-order valence-electron chi connectivity index (χ4n) is 1.78. The van der Waals surface area contributed by atoms with E-state index >= 15 is 0 Å². The molecular formula is C15H18N2O3. The predicted octanol–water partition coefficient (Wildman–Crippen LogP) is 0.414. The molecule has 0 aromatic heterocycles. The summed E-state index contributed by atoms with van der Waals surface area (Å²) in [6.45, 7) is 3.17. The van der Waals surface area contributed by atoms with Crippen LogP contribution in [0.15, 0.2) is 24.3 Å². The van der Waals surface area contributed by atoms with Crippen LogP contribution in [0.4, 0.5) is 0 Å². The van der Waals surface area contributed by atoms with Crippen LogP contribution >= 0.6 is 0 Å². The van der Waals surface area contributed by atoms with E-state index in [1.165, 1.54) is 0 Å². The lowest BCUT2D eigenvalue weighted by atomic mass is 9.98. The lowest BCUT2D eigenvalue weighted by molar-refractivity contribution is -0.119. The molecule has 1 rings (SSSR count). The Bertz CT molecular complexity index is 568. The van der Waals surface area contributed by atoms with Gasteiger partial charge in [-0.3, -0.25) is 9.59 Å². The topological polar surface area (TPSA) is 92.4 Å². The highest BCUT2D eigenvalue weighted by atomic mass is 16.2. The highest BCUT2D eigenvalue weighted by Gasteiger charge is 2.24. The third-order valence-corrected chi connectivity index (χ3v) is 2.54. The number of aliphatic hydroxyl groups excluding tert-OH is 1. The quantitative estimate of drug-likeness (QED) is 0.694. The summed E-state index contributed by atoms with van der Waals surface area (Å²) in [5.74, 6) is 4.41. The van der Waals surface area contributed by atoms with Crippen molar-refractivity contribution in [3.05, 3.63) is 35.4 Å². The van der Waals surface area contributed by atoms with Crippen molar-refractivity contribution in [2.75, 3.05) is 6.61 Å². The predicted molar refractivity (Wildman–Crippen MR) is 75.8 cm³/mol. The van der Waals surface area contributed by atoms with E-state index in [-0.39, 0.29) is 18.9 Å². The summed E-state index contributed by atoms with van der Waals surface area (Å²) >= 11 is 0. The maximum absolute atomic E-state index is 12.2. The zero-order valence-corrected chi connectivity index (χ0v) is 11.6. The SMILES string of the molecule is CC(C)(CC(N)=O)NC(=O)c1ccccc1C#CCO. The number of carbonyl (C=O) groups excluding carboxylic acids is 2. The molecule has 0 saturated heterocycles. The molecule has 0 fully saturated rings. The van der Waals surface area contributed by atoms with Crippen molar-refractivity contribution in [1.29, 1.82) is 0 Å². The van der Waals surface area contributed by atoms with Crippen LogP contribution in [0, 0.1) is 11.8 Å². The van der Waals surface area contributed by atoms with Gasteiger partial charge in [0.25, 0.3) is 5.91 Å². The van der Waals surface area contributed by atoms with Crippen molar-refractivity contribution >= 4 is 11.8 Å². The largest absolute Gasteiger partial charge is 0.384 e. The number of amides is 2. The Hall–Kier alpha value is -2.32. The van der Waals surface area contributed by atoms with Crippen molar-refractivity contribution in [3.8, 4) is 11.8 Å². The van der Waals surface area contributed by atoms with E-state index < -0.39 is 11.4 Å². The highest BCUT2D eigenvalue weighted by molar-refractivity contribution is 5.97. The van der Waals surface area contributed by atoms with Crippen LogP contribution in [0.5, 0.6) is 0 Å². The van der Waals surface area contributed by atoms with Gasteiger partial charge in [-0.2, -0.15) is 0 Å².